The van der Waals surface area contributed by atoms with Crippen molar-refractivity contribution in [3.63, 3.8) is 0 Å². The number of likely N-dealkylation sites (N-methyl/N-ethyl adjacent to an activating group) is 1. The third-order valence-electron chi connectivity index (χ3n) is 5.44. The number of nitrogens with zero attached hydrogens (tertiary/aromatic N) is 2. The Morgan fingerprint density at radius 1 is 1.32 bits per heavy atom. The van der Waals surface area contributed by atoms with E-state index in [-0.39, 0.29) is 17.9 Å². The van der Waals surface area contributed by atoms with Crippen molar-refractivity contribution in [1.82, 2.24) is 15.1 Å². The van der Waals surface area contributed by atoms with Gasteiger partial charge in [0.25, 0.3) is 5.91 Å². The monoisotopic (exact) mass is 344 g/mol. The Morgan fingerprint density at radius 3 is 2.56 bits per heavy atom. The lowest BCUT2D eigenvalue weighted by Crippen LogP contribution is -2.56. The van der Waals surface area contributed by atoms with Crippen LogP contribution in [0, 0.1) is 5.92 Å². The zero-order valence-electron chi connectivity index (χ0n) is 14.6. The van der Waals surface area contributed by atoms with Gasteiger partial charge in [0.15, 0.2) is 0 Å². The molecular formula is C18H24N4O3. The number of carbonyl (C=O) groups excluding carboxylic acids is 3. The molecule has 7 heteroatoms. The van der Waals surface area contributed by atoms with Crippen LogP contribution in [0.1, 0.15) is 31.4 Å². The van der Waals surface area contributed by atoms with E-state index in [1.54, 1.807) is 6.92 Å². The Hall–Kier alpha value is -2.41. The van der Waals surface area contributed by atoms with E-state index < -0.39 is 17.5 Å². The molecule has 1 aromatic rings. The Labute approximate surface area is 147 Å². The highest BCUT2D eigenvalue weighted by Crippen LogP contribution is 2.35. The lowest BCUT2D eigenvalue weighted by molar-refractivity contribution is -0.133. The zero-order valence-corrected chi connectivity index (χ0v) is 14.6. The Bertz CT molecular complexity index is 693. The van der Waals surface area contributed by atoms with E-state index in [0.717, 1.165) is 29.8 Å². The molecule has 2 fully saturated rings. The van der Waals surface area contributed by atoms with Gasteiger partial charge in [-0.15, -0.1) is 0 Å². The number of piperidine rings is 1. The van der Waals surface area contributed by atoms with E-state index in [1.807, 2.05) is 35.2 Å². The fraction of sp³-hybridized carbons (Fsp3) is 0.500. The predicted molar refractivity (Wildman–Crippen MR) is 92.4 cm³/mol. The van der Waals surface area contributed by atoms with Crippen molar-refractivity contribution in [2.24, 2.45) is 11.7 Å². The highest BCUT2D eigenvalue weighted by Gasteiger charge is 2.52. The molecule has 25 heavy (non-hydrogen) atoms. The first-order valence-electron chi connectivity index (χ1n) is 8.53. The second-order valence-electron chi connectivity index (χ2n) is 7.05. The molecular weight excluding hydrogens is 320 g/mol. The van der Waals surface area contributed by atoms with Crippen LogP contribution in [0.2, 0.25) is 0 Å². The largest absolute Gasteiger partial charge is 0.368 e. The molecule has 2 heterocycles. The van der Waals surface area contributed by atoms with Crippen LogP contribution in [-0.4, -0.2) is 53.3 Å². The van der Waals surface area contributed by atoms with Gasteiger partial charge in [0.2, 0.25) is 5.91 Å². The molecule has 134 valence electrons. The molecule has 4 amide bonds. The van der Waals surface area contributed by atoms with Crippen LogP contribution in [-0.2, 0) is 9.59 Å². The Balaban J connectivity index is 1.84. The first-order valence-corrected chi connectivity index (χ1v) is 8.53. The van der Waals surface area contributed by atoms with Gasteiger partial charge < -0.3 is 11.1 Å². The standard InChI is InChI=1S/C18H24N4O3/c1-18(16(24)21(2)17(25)20-18)13-9-6-10-22(11-13)14(15(19)23)12-7-4-3-5-8-12/h3-5,7-8,13-14H,6,9-11H2,1-2H3,(H2,19,23)(H,20,25)/t13-,14+,18-/m1/s1. The highest BCUT2D eigenvalue weighted by molar-refractivity contribution is 6.06. The minimum absolute atomic E-state index is 0.0757. The fourth-order valence-electron chi connectivity index (χ4n) is 3.98. The van der Waals surface area contributed by atoms with Gasteiger partial charge in [-0.3, -0.25) is 19.4 Å². The first kappa shape index (κ1) is 17.4. The van der Waals surface area contributed by atoms with E-state index in [9.17, 15) is 14.4 Å². The second-order valence-corrected chi connectivity index (χ2v) is 7.05. The zero-order chi connectivity index (χ0) is 18.2. The van der Waals surface area contributed by atoms with Crippen molar-refractivity contribution >= 4 is 17.8 Å². The van der Waals surface area contributed by atoms with Crippen molar-refractivity contribution in [3.8, 4) is 0 Å². The maximum atomic E-state index is 12.5. The van der Waals surface area contributed by atoms with Crippen molar-refractivity contribution in [2.45, 2.75) is 31.3 Å². The number of amides is 4. The van der Waals surface area contributed by atoms with E-state index in [1.165, 1.54) is 7.05 Å². The quantitative estimate of drug-likeness (QED) is 0.792. The van der Waals surface area contributed by atoms with Gasteiger partial charge in [0, 0.05) is 19.5 Å². The molecule has 2 aliphatic heterocycles. The molecule has 3 atom stereocenters. The summed E-state index contributed by atoms with van der Waals surface area (Å²) in [5.41, 5.74) is 5.58. The number of nitrogens with one attached hydrogen (secondary N) is 1. The minimum Gasteiger partial charge on any atom is -0.368 e. The van der Waals surface area contributed by atoms with Gasteiger partial charge in [-0.1, -0.05) is 30.3 Å². The number of imide groups is 1. The van der Waals surface area contributed by atoms with Gasteiger partial charge in [-0.25, -0.2) is 4.79 Å². The molecule has 0 radical (unpaired) electrons. The van der Waals surface area contributed by atoms with Gasteiger partial charge in [-0.05, 0) is 31.9 Å². The summed E-state index contributed by atoms with van der Waals surface area (Å²) in [5, 5.41) is 2.82. The lowest BCUT2D eigenvalue weighted by Gasteiger charge is -2.42. The Morgan fingerprint density at radius 2 is 2.00 bits per heavy atom. The third-order valence-corrected chi connectivity index (χ3v) is 5.44. The summed E-state index contributed by atoms with van der Waals surface area (Å²) in [6.07, 6.45) is 1.65. The number of hydrogen-bond acceptors (Lipinski definition) is 4. The van der Waals surface area contributed by atoms with Gasteiger partial charge >= 0.3 is 6.03 Å². The fourth-order valence-corrected chi connectivity index (χ4v) is 3.98. The van der Waals surface area contributed by atoms with Crippen molar-refractivity contribution in [1.29, 1.82) is 0 Å². The average Bonchev–Trinajstić information content (AvgIpc) is 2.80. The minimum atomic E-state index is -0.941. The van der Waals surface area contributed by atoms with Crippen LogP contribution in [0.5, 0.6) is 0 Å². The number of likely N-dealkylation sites (tertiary alicyclic amines) is 1. The number of primary amides is 1. The summed E-state index contributed by atoms with van der Waals surface area (Å²) in [6, 6.07) is 8.52. The normalized spacial score (nSPS) is 28.7. The van der Waals surface area contributed by atoms with Crippen molar-refractivity contribution in [3.05, 3.63) is 35.9 Å². The number of carbonyl (C=O) groups is 3. The summed E-state index contributed by atoms with van der Waals surface area (Å²) in [5.74, 6) is -0.705. The molecule has 3 N–H and O–H groups in total. The summed E-state index contributed by atoms with van der Waals surface area (Å²) in [4.78, 5) is 39.7. The average molecular weight is 344 g/mol. The summed E-state index contributed by atoms with van der Waals surface area (Å²) < 4.78 is 0. The van der Waals surface area contributed by atoms with E-state index >= 15 is 0 Å². The highest BCUT2D eigenvalue weighted by atomic mass is 16.2. The molecule has 0 aromatic heterocycles. The maximum Gasteiger partial charge on any atom is 0.324 e. The van der Waals surface area contributed by atoms with Crippen LogP contribution in [0.25, 0.3) is 0 Å². The molecule has 7 nitrogen and oxygen atoms in total. The molecule has 2 aliphatic rings. The molecule has 0 aliphatic carbocycles. The number of urea groups is 1. The molecule has 2 saturated heterocycles. The smallest absolute Gasteiger partial charge is 0.324 e. The summed E-state index contributed by atoms with van der Waals surface area (Å²) in [6.45, 7) is 3.03. The number of rotatable bonds is 4. The van der Waals surface area contributed by atoms with Crippen molar-refractivity contribution < 1.29 is 14.4 Å². The maximum absolute atomic E-state index is 12.5. The van der Waals surface area contributed by atoms with E-state index in [4.69, 9.17) is 5.73 Å². The molecule has 0 bridgehead atoms. The SMILES string of the molecule is CN1C(=O)N[C@](C)([C@@H]2CCCN([C@H](C(N)=O)c3ccccc3)C2)C1=O. The Kier molecular flexibility index (Phi) is 4.51. The van der Waals surface area contributed by atoms with E-state index in [0.29, 0.717) is 6.54 Å². The van der Waals surface area contributed by atoms with Crippen LogP contribution < -0.4 is 11.1 Å². The molecule has 1 aromatic carbocycles. The van der Waals surface area contributed by atoms with Crippen LogP contribution in [0.3, 0.4) is 0 Å². The summed E-state index contributed by atoms with van der Waals surface area (Å²) >= 11 is 0. The van der Waals surface area contributed by atoms with E-state index in [2.05, 4.69) is 5.32 Å². The van der Waals surface area contributed by atoms with Crippen LogP contribution in [0.4, 0.5) is 4.79 Å². The van der Waals surface area contributed by atoms with Crippen LogP contribution >= 0.6 is 0 Å². The number of nitrogens with two attached hydrogens (primary N) is 1. The third kappa shape index (κ3) is 3.00. The van der Waals surface area contributed by atoms with Gasteiger partial charge in [-0.2, -0.15) is 0 Å². The number of benzene rings is 1. The van der Waals surface area contributed by atoms with Gasteiger partial charge in [0.1, 0.15) is 11.6 Å². The van der Waals surface area contributed by atoms with Crippen LogP contribution in [0.15, 0.2) is 30.3 Å². The molecule has 0 saturated carbocycles. The molecule has 3 rings (SSSR count). The summed E-state index contributed by atoms with van der Waals surface area (Å²) in [7, 11) is 1.49. The second kappa shape index (κ2) is 6.48. The number of hydrogen-bond donors (Lipinski definition) is 2. The molecule has 0 unspecified atom stereocenters. The lowest BCUT2D eigenvalue weighted by atomic mass is 9.79. The predicted octanol–water partition coefficient (Wildman–Crippen LogP) is 0.865. The topological polar surface area (TPSA) is 95.7 Å². The van der Waals surface area contributed by atoms with Gasteiger partial charge in [0.05, 0.1) is 0 Å². The van der Waals surface area contributed by atoms with Crippen molar-refractivity contribution in [2.75, 3.05) is 20.1 Å². The first-order chi connectivity index (χ1) is 11.8. The molecule has 0 spiro atoms.